The van der Waals surface area contributed by atoms with Crippen LogP contribution >= 0.6 is 0 Å². The third-order valence-corrected chi connectivity index (χ3v) is 6.46. The Morgan fingerprint density at radius 1 is 0.895 bits per heavy atom. The summed E-state index contributed by atoms with van der Waals surface area (Å²) in [6, 6.07) is 21.7. The van der Waals surface area contributed by atoms with Crippen molar-refractivity contribution in [3.63, 3.8) is 0 Å². The van der Waals surface area contributed by atoms with Gasteiger partial charge < -0.3 is 19.9 Å². The summed E-state index contributed by atoms with van der Waals surface area (Å²) in [6.45, 7) is 1.58. The van der Waals surface area contributed by atoms with Crippen LogP contribution in [0.2, 0.25) is 0 Å². The van der Waals surface area contributed by atoms with Crippen molar-refractivity contribution < 1.29 is 19.1 Å². The van der Waals surface area contributed by atoms with Crippen LogP contribution in [0.5, 0.6) is 0 Å². The molecule has 1 heterocycles. The van der Waals surface area contributed by atoms with Crippen molar-refractivity contribution >= 4 is 34.9 Å². The topological polar surface area (TPSA) is 91.3 Å². The van der Waals surface area contributed by atoms with Gasteiger partial charge in [0, 0.05) is 24.8 Å². The molecule has 1 aliphatic rings. The van der Waals surface area contributed by atoms with Gasteiger partial charge in [-0.25, -0.2) is 4.79 Å². The van der Waals surface area contributed by atoms with E-state index in [0.717, 1.165) is 24.1 Å². The number of rotatable bonds is 9. The summed E-state index contributed by atoms with van der Waals surface area (Å²) in [4.78, 5) is 46.7. The van der Waals surface area contributed by atoms with Crippen LogP contribution in [-0.4, -0.2) is 74.6 Å². The molecule has 0 radical (unpaired) electrons. The Hall–Kier alpha value is -4.30. The first-order valence-electron chi connectivity index (χ1n) is 12.5. The van der Waals surface area contributed by atoms with Gasteiger partial charge in [0.15, 0.2) is 0 Å². The number of carbonyl (C=O) groups excluding carboxylic acids is 3. The minimum absolute atomic E-state index is 0.0481. The number of amides is 2. The van der Waals surface area contributed by atoms with Gasteiger partial charge in [-0.15, -0.1) is 0 Å². The lowest BCUT2D eigenvalue weighted by molar-refractivity contribution is -0.115. The number of benzene rings is 3. The van der Waals surface area contributed by atoms with Crippen LogP contribution in [0, 0.1) is 0 Å². The average molecular weight is 513 g/mol. The predicted molar refractivity (Wildman–Crippen MR) is 148 cm³/mol. The molecule has 0 fully saturated rings. The van der Waals surface area contributed by atoms with Crippen LogP contribution in [-0.2, 0) is 9.53 Å². The summed E-state index contributed by atoms with van der Waals surface area (Å²) in [7, 11) is 7.15. The van der Waals surface area contributed by atoms with Crippen molar-refractivity contribution in [2.24, 2.45) is 4.99 Å². The molecule has 3 aromatic carbocycles. The summed E-state index contributed by atoms with van der Waals surface area (Å²) in [5.41, 5.74) is 4.24. The first-order valence-corrected chi connectivity index (χ1v) is 12.5. The standard InChI is InChI=1S/C30H32N4O4/c1-33(2)17-8-18-34(3)29(36)21-11-14-23(15-12-21)31-27(20-9-6-5-7-10-20)26-24-16-13-22(30(37)38-4)19-25(24)32-28(26)35/h5-7,9-16,19,26H,8,17-18H2,1-4H3,(H,32,35). The molecule has 4 rings (SSSR count). The normalized spacial score (nSPS) is 14.7. The van der Waals surface area contributed by atoms with Crippen molar-refractivity contribution in [2.45, 2.75) is 12.3 Å². The number of nitrogens with one attached hydrogen (secondary N) is 1. The minimum Gasteiger partial charge on any atom is -0.465 e. The Balaban J connectivity index is 1.64. The number of anilines is 1. The second-order valence-corrected chi connectivity index (χ2v) is 9.51. The van der Waals surface area contributed by atoms with E-state index in [9.17, 15) is 14.4 Å². The van der Waals surface area contributed by atoms with E-state index in [1.54, 1.807) is 54.4 Å². The van der Waals surface area contributed by atoms with E-state index < -0.39 is 11.9 Å². The van der Waals surface area contributed by atoms with Crippen LogP contribution in [0.3, 0.4) is 0 Å². The third kappa shape index (κ3) is 5.98. The monoisotopic (exact) mass is 512 g/mol. The van der Waals surface area contributed by atoms with Gasteiger partial charge in [-0.3, -0.25) is 14.6 Å². The molecule has 1 aliphatic heterocycles. The van der Waals surface area contributed by atoms with Crippen LogP contribution < -0.4 is 5.32 Å². The molecule has 0 saturated carbocycles. The zero-order chi connectivity index (χ0) is 27.2. The zero-order valence-electron chi connectivity index (χ0n) is 22.1. The van der Waals surface area contributed by atoms with E-state index in [1.807, 2.05) is 44.4 Å². The van der Waals surface area contributed by atoms with Crippen LogP contribution in [0.1, 0.15) is 44.2 Å². The fourth-order valence-corrected chi connectivity index (χ4v) is 4.45. The van der Waals surface area contributed by atoms with Gasteiger partial charge in [-0.1, -0.05) is 36.4 Å². The number of aliphatic imine (C=N–C) groups is 1. The molecule has 3 aromatic rings. The van der Waals surface area contributed by atoms with E-state index in [0.29, 0.717) is 34.8 Å². The lowest BCUT2D eigenvalue weighted by Gasteiger charge is -2.18. The zero-order valence-corrected chi connectivity index (χ0v) is 22.1. The highest BCUT2D eigenvalue weighted by Gasteiger charge is 2.36. The predicted octanol–water partition coefficient (Wildman–Crippen LogP) is 4.35. The molecular formula is C30H32N4O4. The van der Waals surface area contributed by atoms with Gasteiger partial charge in [0.2, 0.25) is 5.91 Å². The average Bonchev–Trinajstić information content (AvgIpc) is 3.26. The summed E-state index contributed by atoms with van der Waals surface area (Å²) in [5, 5.41) is 2.88. The van der Waals surface area contributed by atoms with Crippen molar-refractivity contribution in [3.8, 4) is 0 Å². The summed E-state index contributed by atoms with van der Waals surface area (Å²) in [5.74, 6) is -1.41. The number of methoxy groups -OCH3 is 1. The van der Waals surface area contributed by atoms with Crippen LogP contribution in [0.25, 0.3) is 0 Å². The number of esters is 1. The quantitative estimate of drug-likeness (QED) is 0.340. The van der Waals surface area contributed by atoms with E-state index >= 15 is 0 Å². The molecule has 2 amide bonds. The van der Waals surface area contributed by atoms with E-state index in [2.05, 4.69) is 10.2 Å². The summed E-state index contributed by atoms with van der Waals surface area (Å²) < 4.78 is 4.81. The molecule has 38 heavy (non-hydrogen) atoms. The first kappa shape index (κ1) is 26.8. The fourth-order valence-electron chi connectivity index (χ4n) is 4.45. The van der Waals surface area contributed by atoms with Gasteiger partial charge in [0.1, 0.15) is 5.92 Å². The van der Waals surface area contributed by atoms with Crippen molar-refractivity contribution in [3.05, 3.63) is 95.1 Å². The van der Waals surface area contributed by atoms with E-state index in [-0.39, 0.29) is 11.8 Å². The molecular weight excluding hydrogens is 480 g/mol. The highest BCUT2D eigenvalue weighted by molar-refractivity contribution is 6.24. The second-order valence-electron chi connectivity index (χ2n) is 9.51. The Morgan fingerprint density at radius 2 is 1.58 bits per heavy atom. The van der Waals surface area contributed by atoms with Crippen molar-refractivity contribution in [1.82, 2.24) is 9.80 Å². The third-order valence-electron chi connectivity index (χ3n) is 6.46. The van der Waals surface area contributed by atoms with Crippen LogP contribution in [0.15, 0.2) is 77.8 Å². The molecule has 8 nitrogen and oxygen atoms in total. The molecule has 0 spiro atoms. The minimum atomic E-state index is -0.664. The SMILES string of the molecule is COC(=O)c1ccc2c(c1)NC(=O)C2C(=Nc1ccc(C(=O)N(C)CCCN(C)C)cc1)c1ccccc1. The number of hydrogen-bond acceptors (Lipinski definition) is 6. The molecule has 0 aliphatic carbocycles. The summed E-state index contributed by atoms with van der Waals surface area (Å²) in [6.07, 6.45) is 0.893. The highest BCUT2D eigenvalue weighted by Crippen LogP contribution is 2.37. The highest BCUT2D eigenvalue weighted by atomic mass is 16.5. The largest absolute Gasteiger partial charge is 0.465 e. The van der Waals surface area contributed by atoms with Gasteiger partial charge in [0.25, 0.3) is 5.91 Å². The van der Waals surface area contributed by atoms with Crippen LogP contribution in [0.4, 0.5) is 11.4 Å². The number of nitrogens with zero attached hydrogens (tertiary/aromatic N) is 3. The molecule has 1 atom stereocenters. The molecule has 8 heteroatoms. The maximum Gasteiger partial charge on any atom is 0.337 e. The van der Waals surface area contributed by atoms with Gasteiger partial charge in [-0.2, -0.15) is 0 Å². The molecule has 0 bridgehead atoms. The molecule has 0 aromatic heterocycles. The molecule has 1 N–H and O–H groups in total. The fraction of sp³-hybridized carbons (Fsp3) is 0.267. The number of ether oxygens (including phenoxy) is 1. The van der Waals surface area contributed by atoms with E-state index in [1.165, 1.54) is 7.11 Å². The van der Waals surface area contributed by atoms with Gasteiger partial charge in [0.05, 0.1) is 24.1 Å². The molecule has 196 valence electrons. The summed E-state index contributed by atoms with van der Waals surface area (Å²) >= 11 is 0. The Bertz CT molecular complexity index is 1350. The Morgan fingerprint density at radius 3 is 2.24 bits per heavy atom. The lowest BCUT2D eigenvalue weighted by Crippen LogP contribution is -2.29. The van der Waals surface area contributed by atoms with Crippen molar-refractivity contribution in [1.29, 1.82) is 0 Å². The first-order chi connectivity index (χ1) is 18.3. The lowest BCUT2D eigenvalue weighted by atomic mass is 9.90. The number of fused-ring (bicyclic) bond motifs is 1. The second kappa shape index (κ2) is 11.8. The number of hydrogen-bond donors (Lipinski definition) is 1. The maximum absolute atomic E-state index is 13.2. The molecule has 1 unspecified atom stereocenters. The van der Waals surface area contributed by atoms with Gasteiger partial charge in [-0.05, 0) is 74.6 Å². The van der Waals surface area contributed by atoms with Crippen molar-refractivity contribution in [2.75, 3.05) is 46.7 Å². The van der Waals surface area contributed by atoms with E-state index in [4.69, 9.17) is 9.73 Å². The smallest absolute Gasteiger partial charge is 0.337 e. The molecule has 0 saturated heterocycles. The number of carbonyl (C=O) groups is 3. The Labute approximate surface area is 222 Å². The van der Waals surface area contributed by atoms with Gasteiger partial charge >= 0.3 is 5.97 Å². The maximum atomic E-state index is 13.2. The Kier molecular flexibility index (Phi) is 8.33.